The quantitative estimate of drug-likeness (QED) is 0.880. The lowest BCUT2D eigenvalue weighted by atomic mass is 10.0. The van der Waals surface area contributed by atoms with Crippen molar-refractivity contribution in [3.05, 3.63) is 53.5 Å². The van der Waals surface area contributed by atoms with Gasteiger partial charge in [0, 0.05) is 0 Å². The SMILES string of the molecule is COc1ccccc1CC(N)c1ccc(C)o1. The highest BCUT2D eigenvalue weighted by molar-refractivity contribution is 5.34. The largest absolute Gasteiger partial charge is 0.496 e. The van der Waals surface area contributed by atoms with Crippen molar-refractivity contribution in [3.63, 3.8) is 0 Å². The Morgan fingerprint density at radius 3 is 2.65 bits per heavy atom. The molecule has 0 fully saturated rings. The van der Waals surface area contributed by atoms with E-state index in [1.54, 1.807) is 7.11 Å². The van der Waals surface area contributed by atoms with Crippen molar-refractivity contribution >= 4 is 0 Å². The van der Waals surface area contributed by atoms with Gasteiger partial charge in [-0.1, -0.05) is 18.2 Å². The molecule has 90 valence electrons. The Morgan fingerprint density at radius 2 is 2.00 bits per heavy atom. The summed E-state index contributed by atoms with van der Waals surface area (Å²) >= 11 is 0. The van der Waals surface area contributed by atoms with Crippen LogP contribution >= 0.6 is 0 Å². The van der Waals surface area contributed by atoms with Gasteiger partial charge in [0.2, 0.25) is 0 Å². The van der Waals surface area contributed by atoms with E-state index in [2.05, 4.69) is 0 Å². The molecule has 0 saturated heterocycles. The third-order valence-electron chi connectivity index (χ3n) is 2.76. The first-order valence-electron chi connectivity index (χ1n) is 5.64. The summed E-state index contributed by atoms with van der Waals surface area (Å²) in [5.74, 6) is 2.56. The van der Waals surface area contributed by atoms with Crippen LogP contribution < -0.4 is 10.5 Å². The van der Waals surface area contributed by atoms with Crippen molar-refractivity contribution in [2.24, 2.45) is 5.73 Å². The number of aryl methyl sites for hydroxylation is 1. The van der Waals surface area contributed by atoms with Gasteiger partial charge in [-0.05, 0) is 37.1 Å². The molecule has 1 heterocycles. The fraction of sp³-hybridized carbons (Fsp3) is 0.286. The van der Waals surface area contributed by atoms with Crippen molar-refractivity contribution in [2.75, 3.05) is 7.11 Å². The van der Waals surface area contributed by atoms with Gasteiger partial charge < -0.3 is 14.9 Å². The molecule has 0 aliphatic rings. The molecule has 1 aromatic carbocycles. The van der Waals surface area contributed by atoms with Gasteiger partial charge in [0.15, 0.2) is 0 Å². The molecule has 2 N–H and O–H groups in total. The Labute approximate surface area is 101 Å². The molecule has 0 spiro atoms. The maximum absolute atomic E-state index is 6.11. The molecule has 2 rings (SSSR count). The summed E-state index contributed by atoms with van der Waals surface area (Å²) < 4.78 is 10.8. The van der Waals surface area contributed by atoms with Crippen molar-refractivity contribution in [1.29, 1.82) is 0 Å². The van der Waals surface area contributed by atoms with Gasteiger partial charge in [0.1, 0.15) is 17.3 Å². The predicted octanol–water partition coefficient (Wildman–Crippen LogP) is 2.84. The highest BCUT2D eigenvalue weighted by Gasteiger charge is 2.13. The molecule has 0 radical (unpaired) electrons. The number of methoxy groups -OCH3 is 1. The molecule has 1 unspecified atom stereocenters. The maximum Gasteiger partial charge on any atom is 0.122 e. The highest BCUT2D eigenvalue weighted by atomic mass is 16.5. The summed E-state index contributed by atoms with van der Waals surface area (Å²) in [5.41, 5.74) is 7.21. The van der Waals surface area contributed by atoms with Gasteiger partial charge in [-0.3, -0.25) is 0 Å². The lowest BCUT2D eigenvalue weighted by Gasteiger charge is -2.12. The van der Waals surface area contributed by atoms with Crippen molar-refractivity contribution < 1.29 is 9.15 Å². The van der Waals surface area contributed by atoms with Crippen LogP contribution in [-0.4, -0.2) is 7.11 Å². The second-order valence-electron chi connectivity index (χ2n) is 4.07. The molecule has 0 saturated carbocycles. The summed E-state index contributed by atoms with van der Waals surface area (Å²) in [7, 11) is 1.67. The minimum atomic E-state index is -0.139. The van der Waals surface area contributed by atoms with Gasteiger partial charge >= 0.3 is 0 Å². The Balaban J connectivity index is 2.15. The van der Waals surface area contributed by atoms with Crippen molar-refractivity contribution in [3.8, 4) is 5.75 Å². The number of nitrogens with two attached hydrogens (primary N) is 1. The first kappa shape index (κ1) is 11.7. The van der Waals surface area contributed by atoms with Crippen LogP contribution in [-0.2, 0) is 6.42 Å². The molecule has 0 aliphatic heterocycles. The normalized spacial score (nSPS) is 12.4. The summed E-state index contributed by atoms with van der Waals surface area (Å²) in [4.78, 5) is 0. The molecule has 2 aromatic rings. The topological polar surface area (TPSA) is 48.4 Å². The van der Waals surface area contributed by atoms with E-state index in [1.165, 1.54) is 0 Å². The number of rotatable bonds is 4. The van der Waals surface area contributed by atoms with E-state index < -0.39 is 0 Å². The Kier molecular flexibility index (Phi) is 3.49. The van der Waals surface area contributed by atoms with E-state index in [-0.39, 0.29) is 6.04 Å². The molecule has 1 atom stereocenters. The maximum atomic E-state index is 6.11. The summed E-state index contributed by atoms with van der Waals surface area (Å²) in [6.07, 6.45) is 0.705. The Bertz CT molecular complexity index is 490. The van der Waals surface area contributed by atoms with Crippen molar-refractivity contribution in [1.82, 2.24) is 0 Å². The lowest BCUT2D eigenvalue weighted by molar-refractivity contribution is 0.403. The van der Waals surface area contributed by atoms with E-state index in [0.29, 0.717) is 6.42 Å². The Hall–Kier alpha value is -1.74. The molecular formula is C14H17NO2. The fourth-order valence-corrected chi connectivity index (χ4v) is 1.86. The fourth-order valence-electron chi connectivity index (χ4n) is 1.86. The van der Waals surface area contributed by atoms with Gasteiger partial charge in [0.05, 0.1) is 13.2 Å². The zero-order chi connectivity index (χ0) is 12.3. The van der Waals surface area contributed by atoms with E-state index in [0.717, 1.165) is 22.8 Å². The van der Waals surface area contributed by atoms with Crippen LogP contribution in [0.3, 0.4) is 0 Å². The van der Waals surface area contributed by atoms with Crippen LogP contribution in [0.15, 0.2) is 40.8 Å². The smallest absolute Gasteiger partial charge is 0.122 e. The standard InChI is InChI=1S/C14H17NO2/c1-10-7-8-14(17-10)12(15)9-11-5-3-4-6-13(11)16-2/h3-8,12H,9,15H2,1-2H3. The van der Waals surface area contributed by atoms with Crippen LogP contribution in [0.1, 0.15) is 23.1 Å². The molecule has 17 heavy (non-hydrogen) atoms. The highest BCUT2D eigenvalue weighted by Crippen LogP contribution is 2.24. The van der Waals surface area contributed by atoms with Crippen molar-refractivity contribution in [2.45, 2.75) is 19.4 Å². The number of para-hydroxylation sites is 1. The number of hydrogen-bond donors (Lipinski definition) is 1. The van der Waals surface area contributed by atoms with E-state index >= 15 is 0 Å². The second kappa shape index (κ2) is 5.06. The zero-order valence-corrected chi connectivity index (χ0v) is 10.1. The minimum absolute atomic E-state index is 0.139. The molecular weight excluding hydrogens is 214 g/mol. The first-order chi connectivity index (χ1) is 8.20. The van der Waals surface area contributed by atoms with Gasteiger partial charge in [-0.2, -0.15) is 0 Å². The van der Waals surface area contributed by atoms with Gasteiger partial charge in [-0.15, -0.1) is 0 Å². The third kappa shape index (κ3) is 2.68. The molecule has 1 aromatic heterocycles. The van der Waals surface area contributed by atoms with E-state index in [4.69, 9.17) is 14.9 Å². The molecule has 0 amide bonds. The second-order valence-corrected chi connectivity index (χ2v) is 4.07. The average molecular weight is 231 g/mol. The zero-order valence-electron chi connectivity index (χ0n) is 10.1. The first-order valence-corrected chi connectivity index (χ1v) is 5.64. The van der Waals surface area contributed by atoms with Crippen LogP contribution in [0.25, 0.3) is 0 Å². The number of benzene rings is 1. The van der Waals surface area contributed by atoms with Crippen LogP contribution in [0.2, 0.25) is 0 Å². The Morgan fingerprint density at radius 1 is 1.24 bits per heavy atom. The number of ether oxygens (including phenoxy) is 1. The van der Waals surface area contributed by atoms with Crippen LogP contribution in [0, 0.1) is 6.92 Å². The predicted molar refractivity (Wildman–Crippen MR) is 67.1 cm³/mol. The summed E-state index contributed by atoms with van der Waals surface area (Å²) in [6, 6.07) is 11.6. The molecule has 3 heteroatoms. The monoisotopic (exact) mass is 231 g/mol. The van der Waals surface area contributed by atoms with Crippen LogP contribution in [0.4, 0.5) is 0 Å². The van der Waals surface area contributed by atoms with E-state index in [1.807, 2.05) is 43.3 Å². The molecule has 0 bridgehead atoms. The molecule has 0 aliphatic carbocycles. The number of hydrogen-bond acceptors (Lipinski definition) is 3. The summed E-state index contributed by atoms with van der Waals surface area (Å²) in [6.45, 7) is 1.92. The minimum Gasteiger partial charge on any atom is -0.496 e. The average Bonchev–Trinajstić information content (AvgIpc) is 2.77. The lowest BCUT2D eigenvalue weighted by Crippen LogP contribution is -2.13. The van der Waals surface area contributed by atoms with Crippen LogP contribution in [0.5, 0.6) is 5.75 Å². The third-order valence-corrected chi connectivity index (χ3v) is 2.76. The van der Waals surface area contributed by atoms with Gasteiger partial charge in [-0.25, -0.2) is 0 Å². The number of furan rings is 1. The van der Waals surface area contributed by atoms with E-state index in [9.17, 15) is 0 Å². The molecule has 3 nitrogen and oxygen atoms in total. The van der Waals surface area contributed by atoms with Gasteiger partial charge in [0.25, 0.3) is 0 Å². The summed E-state index contributed by atoms with van der Waals surface area (Å²) in [5, 5.41) is 0.